The number of hydrogen-bond donors (Lipinski definition) is 1. The van der Waals surface area contributed by atoms with Crippen molar-refractivity contribution in [3.8, 4) is 16.3 Å². The lowest BCUT2D eigenvalue weighted by Crippen LogP contribution is -2.18. The Bertz CT molecular complexity index is 1250. The van der Waals surface area contributed by atoms with Crippen molar-refractivity contribution in [2.45, 2.75) is 6.92 Å². The van der Waals surface area contributed by atoms with Crippen LogP contribution in [0.25, 0.3) is 16.3 Å². The summed E-state index contributed by atoms with van der Waals surface area (Å²) in [7, 11) is 0. The molecule has 0 aliphatic heterocycles. The maximum absolute atomic E-state index is 12.9. The van der Waals surface area contributed by atoms with Crippen molar-refractivity contribution in [2.75, 3.05) is 0 Å². The van der Waals surface area contributed by atoms with Crippen LogP contribution in [0, 0.1) is 6.92 Å². The number of aliphatic imine (C=N–C) groups is 1. The van der Waals surface area contributed by atoms with Gasteiger partial charge >= 0.3 is 0 Å². The van der Waals surface area contributed by atoms with Gasteiger partial charge in [0, 0.05) is 22.5 Å². The molecule has 1 N–H and O–H groups in total. The summed E-state index contributed by atoms with van der Waals surface area (Å²) in [6.45, 7) is 1.76. The topological polar surface area (TPSA) is 75.9 Å². The predicted molar refractivity (Wildman–Crippen MR) is 119 cm³/mol. The van der Waals surface area contributed by atoms with Gasteiger partial charge < -0.3 is 0 Å². The number of halogens is 3. The lowest BCUT2D eigenvalue weighted by atomic mass is 10.2. The molecule has 146 valence electrons. The average molecular weight is 465 g/mol. The van der Waals surface area contributed by atoms with Crippen LogP contribution in [0.4, 0.5) is 5.13 Å². The summed E-state index contributed by atoms with van der Waals surface area (Å²) in [4.78, 5) is 17.2. The number of hydrogen-bond acceptors (Lipinski definition) is 5. The molecule has 4 aromatic rings. The van der Waals surface area contributed by atoms with Gasteiger partial charge in [-0.2, -0.15) is 0 Å². The highest BCUT2D eigenvalue weighted by atomic mass is 35.5. The summed E-state index contributed by atoms with van der Waals surface area (Å²) in [6, 6.07) is 12.7. The minimum Gasteiger partial charge on any atom is -0.295 e. The molecule has 10 heteroatoms. The van der Waals surface area contributed by atoms with Gasteiger partial charge in [0.25, 0.3) is 5.56 Å². The van der Waals surface area contributed by atoms with Crippen LogP contribution in [0.1, 0.15) is 11.3 Å². The van der Waals surface area contributed by atoms with Gasteiger partial charge in [0.1, 0.15) is 10.7 Å². The molecular weight excluding hydrogens is 453 g/mol. The SMILES string of the molecule is Cc1[nH]n(-c2c(Cl)cc(Cl)cc2Cl)c(=O)c1C=Nc1nnc(-c2ccccc2)s1. The van der Waals surface area contributed by atoms with Crippen molar-refractivity contribution >= 4 is 57.5 Å². The van der Waals surface area contributed by atoms with E-state index in [2.05, 4.69) is 20.3 Å². The van der Waals surface area contributed by atoms with Gasteiger partial charge in [0.15, 0.2) is 0 Å². The van der Waals surface area contributed by atoms with Gasteiger partial charge in [-0.05, 0) is 19.1 Å². The maximum Gasteiger partial charge on any atom is 0.280 e. The lowest BCUT2D eigenvalue weighted by molar-refractivity contribution is 0.835. The number of H-pyrrole nitrogens is 1. The Morgan fingerprint density at radius 1 is 1.10 bits per heavy atom. The van der Waals surface area contributed by atoms with Crippen LogP contribution < -0.4 is 5.56 Å². The van der Waals surface area contributed by atoms with E-state index in [0.717, 1.165) is 10.6 Å². The number of aryl methyl sites for hydroxylation is 1. The fourth-order valence-corrected chi connectivity index (χ4v) is 4.38. The van der Waals surface area contributed by atoms with E-state index in [4.69, 9.17) is 34.8 Å². The normalized spacial score (nSPS) is 11.4. The molecule has 0 amide bonds. The summed E-state index contributed by atoms with van der Waals surface area (Å²) < 4.78 is 1.27. The van der Waals surface area contributed by atoms with Gasteiger partial charge in [-0.25, -0.2) is 9.67 Å². The first-order valence-electron chi connectivity index (χ1n) is 8.33. The van der Waals surface area contributed by atoms with Gasteiger partial charge in [-0.3, -0.25) is 9.89 Å². The van der Waals surface area contributed by atoms with Crippen molar-refractivity contribution < 1.29 is 0 Å². The molecule has 2 aromatic heterocycles. The van der Waals surface area contributed by atoms with E-state index in [1.807, 2.05) is 30.3 Å². The van der Waals surface area contributed by atoms with Crippen LogP contribution in [0.15, 0.2) is 52.3 Å². The van der Waals surface area contributed by atoms with Crippen LogP contribution >= 0.6 is 46.1 Å². The van der Waals surface area contributed by atoms with E-state index >= 15 is 0 Å². The van der Waals surface area contributed by atoms with Gasteiger partial charge in [-0.1, -0.05) is 76.5 Å². The first kappa shape index (κ1) is 19.8. The van der Waals surface area contributed by atoms with Gasteiger partial charge in [-0.15, -0.1) is 10.2 Å². The van der Waals surface area contributed by atoms with Crippen molar-refractivity contribution in [1.82, 2.24) is 20.0 Å². The molecule has 0 radical (unpaired) electrons. The molecule has 6 nitrogen and oxygen atoms in total. The van der Waals surface area contributed by atoms with Gasteiger partial charge in [0.2, 0.25) is 5.13 Å². The molecule has 0 spiro atoms. The first-order valence-corrected chi connectivity index (χ1v) is 10.3. The van der Waals surface area contributed by atoms with E-state index in [1.165, 1.54) is 34.4 Å². The van der Waals surface area contributed by atoms with Crippen LogP contribution in [-0.4, -0.2) is 26.2 Å². The Morgan fingerprint density at radius 2 is 1.79 bits per heavy atom. The van der Waals surface area contributed by atoms with E-state index in [9.17, 15) is 4.79 Å². The molecule has 2 heterocycles. The minimum atomic E-state index is -0.342. The number of benzene rings is 2. The molecule has 2 aromatic carbocycles. The monoisotopic (exact) mass is 463 g/mol. The summed E-state index contributed by atoms with van der Waals surface area (Å²) in [6.07, 6.45) is 1.46. The highest BCUT2D eigenvalue weighted by Gasteiger charge is 2.17. The Labute approximate surface area is 184 Å². The maximum atomic E-state index is 12.9. The largest absolute Gasteiger partial charge is 0.295 e. The van der Waals surface area contributed by atoms with Crippen molar-refractivity contribution in [3.05, 3.63) is 79.1 Å². The third-order valence-electron chi connectivity index (χ3n) is 4.06. The molecular formula is C19H12Cl3N5OS. The van der Waals surface area contributed by atoms with E-state index in [1.54, 1.807) is 6.92 Å². The Balaban J connectivity index is 1.68. The number of nitrogens with one attached hydrogen (secondary N) is 1. The quantitative estimate of drug-likeness (QED) is 0.393. The third-order valence-corrected chi connectivity index (χ3v) is 5.74. The summed E-state index contributed by atoms with van der Waals surface area (Å²) in [5, 5.41) is 13.3. The molecule has 0 atom stereocenters. The van der Waals surface area contributed by atoms with Crippen LogP contribution in [0.5, 0.6) is 0 Å². The fourth-order valence-electron chi connectivity index (χ4n) is 2.70. The van der Waals surface area contributed by atoms with Gasteiger partial charge in [0.05, 0.1) is 15.6 Å². The summed E-state index contributed by atoms with van der Waals surface area (Å²) in [5.74, 6) is 0. The second kappa shape index (κ2) is 8.12. The number of rotatable bonds is 4. The fraction of sp³-hybridized carbons (Fsp3) is 0.0526. The second-order valence-electron chi connectivity index (χ2n) is 6.02. The Hall–Kier alpha value is -2.45. The molecule has 29 heavy (non-hydrogen) atoms. The predicted octanol–water partition coefficient (Wildman–Crippen LogP) is 5.70. The van der Waals surface area contributed by atoms with E-state index in [0.29, 0.717) is 27.1 Å². The third kappa shape index (κ3) is 4.00. The molecule has 4 rings (SSSR count). The van der Waals surface area contributed by atoms with Crippen molar-refractivity contribution in [1.29, 1.82) is 0 Å². The molecule has 0 unspecified atom stereocenters. The number of aromatic amines is 1. The van der Waals surface area contributed by atoms with Crippen molar-refractivity contribution in [2.24, 2.45) is 4.99 Å². The van der Waals surface area contributed by atoms with Crippen LogP contribution in [0.2, 0.25) is 15.1 Å². The smallest absolute Gasteiger partial charge is 0.280 e. The molecule has 0 aliphatic carbocycles. The molecule has 0 bridgehead atoms. The Morgan fingerprint density at radius 3 is 2.48 bits per heavy atom. The zero-order valence-corrected chi connectivity index (χ0v) is 17.9. The van der Waals surface area contributed by atoms with Crippen molar-refractivity contribution in [3.63, 3.8) is 0 Å². The lowest BCUT2D eigenvalue weighted by Gasteiger charge is -2.07. The van der Waals surface area contributed by atoms with E-state index in [-0.39, 0.29) is 15.6 Å². The number of nitrogens with zero attached hydrogens (tertiary/aromatic N) is 4. The highest BCUT2D eigenvalue weighted by molar-refractivity contribution is 7.18. The number of aromatic nitrogens is 4. The first-order chi connectivity index (χ1) is 13.9. The molecule has 0 aliphatic rings. The summed E-state index contributed by atoms with van der Waals surface area (Å²) in [5.41, 5.74) is 1.91. The Kier molecular flexibility index (Phi) is 5.56. The molecule has 0 saturated heterocycles. The highest BCUT2D eigenvalue weighted by Crippen LogP contribution is 2.31. The zero-order chi connectivity index (χ0) is 20.5. The summed E-state index contributed by atoms with van der Waals surface area (Å²) >= 11 is 19.8. The minimum absolute atomic E-state index is 0.256. The average Bonchev–Trinajstić information content (AvgIpc) is 3.26. The van der Waals surface area contributed by atoms with E-state index < -0.39 is 0 Å². The second-order valence-corrected chi connectivity index (χ2v) is 8.23. The molecule has 0 saturated carbocycles. The van der Waals surface area contributed by atoms with Crippen LogP contribution in [0.3, 0.4) is 0 Å². The van der Waals surface area contributed by atoms with Crippen LogP contribution in [-0.2, 0) is 0 Å². The molecule has 0 fully saturated rings. The zero-order valence-electron chi connectivity index (χ0n) is 14.9. The standard InChI is InChI=1S/C19H12Cl3N5OS/c1-10-13(9-23-19-25-24-17(29-19)11-5-3-2-4-6-11)18(28)27(26-10)16-14(21)7-12(20)8-15(16)22/h2-9,26H,1H3.